The Hall–Kier alpha value is -2.68. The first-order valence-electron chi connectivity index (χ1n) is 9.62. The van der Waals surface area contributed by atoms with Crippen molar-refractivity contribution >= 4 is 35.3 Å². The van der Waals surface area contributed by atoms with Crippen molar-refractivity contribution in [3.8, 4) is 0 Å². The number of anilines is 1. The first kappa shape index (κ1) is 22.0. The molecular formula is C22H23FN2O4S. The fourth-order valence-electron chi connectivity index (χ4n) is 2.85. The van der Waals surface area contributed by atoms with Crippen LogP contribution in [0.1, 0.15) is 29.8 Å². The van der Waals surface area contributed by atoms with Crippen molar-refractivity contribution < 1.29 is 23.5 Å². The maximum atomic E-state index is 13.9. The topological polar surface area (TPSA) is 76.7 Å². The molecule has 2 aromatic carbocycles. The van der Waals surface area contributed by atoms with Gasteiger partial charge >= 0.3 is 0 Å². The van der Waals surface area contributed by atoms with Crippen molar-refractivity contribution in [2.45, 2.75) is 25.0 Å². The second kappa shape index (κ2) is 10.4. The standard InChI is InChI=1S/C22H23FN2O4S/c1-3-28-20(29-4-2)13-24-21(26)15-9-10-18-17(11-15)25-22(27)19(30-18)12-14-7-5-6-8-16(14)23/h5-12,20H,3-4,13H2,1-2H3,(H,24,26)(H,25,27). The molecule has 0 saturated heterocycles. The largest absolute Gasteiger partial charge is 0.351 e. The van der Waals surface area contributed by atoms with Gasteiger partial charge in [0, 0.05) is 29.2 Å². The number of halogens is 1. The van der Waals surface area contributed by atoms with Crippen LogP contribution in [0.3, 0.4) is 0 Å². The molecule has 30 heavy (non-hydrogen) atoms. The molecule has 8 heteroatoms. The molecule has 0 unspecified atom stereocenters. The van der Waals surface area contributed by atoms with Crippen molar-refractivity contribution in [1.29, 1.82) is 0 Å². The van der Waals surface area contributed by atoms with Crippen LogP contribution in [0, 0.1) is 5.82 Å². The number of amides is 2. The number of nitrogens with one attached hydrogen (secondary N) is 2. The third kappa shape index (κ3) is 5.47. The van der Waals surface area contributed by atoms with Crippen LogP contribution in [0.15, 0.2) is 52.3 Å². The van der Waals surface area contributed by atoms with Crippen LogP contribution in [0.4, 0.5) is 10.1 Å². The van der Waals surface area contributed by atoms with E-state index in [1.165, 1.54) is 23.9 Å². The van der Waals surface area contributed by atoms with Gasteiger partial charge in [-0.25, -0.2) is 4.39 Å². The zero-order valence-electron chi connectivity index (χ0n) is 16.7. The highest BCUT2D eigenvalue weighted by molar-refractivity contribution is 8.04. The van der Waals surface area contributed by atoms with Crippen LogP contribution >= 0.6 is 11.8 Å². The second-order valence-corrected chi connectivity index (χ2v) is 7.43. The maximum absolute atomic E-state index is 13.9. The number of thioether (sulfide) groups is 1. The Kier molecular flexibility index (Phi) is 7.62. The van der Waals surface area contributed by atoms with Crippen molar-refractivity contribution in [1.82, 2.24) is 5.32 Å². The first-order chi connectivity index (χ1) is 14.5. The van der Waals surface area contributed by atoms with E-state index in [1.54, 1.807) is 36.4 Å². The minimum atomic E-state index is -0.511. The van der Waals surface area contributed by atoms with Crippen LogP contribution in [0.5, 0.6) is 0 Å². The number of carbonyl (C=O) groups is 2. The second-order valence-electron chi connectivity index (χ2n) is 6.35. The lowest BCUT2D eigenvalue weighted by Crippen LogP contribution is -2.35. The van der Waals surface area contributed by atoms with Crippen molar-refractivity contribution in [3.05, 3.63) is 64.3 Å². The Morgan fingerprint density at radius 1 is 1.20 bits per heavy atom. The molecule has 0 bridgehead atoms. The van der Waals surface area contributed by atoms with Crippen molar-refractivity contribution in [2.24, 2.45) is 0 Å². The molecule has 6 nitrogen and oxygen atoms in total. The smallest absolute Gasteiger partial charge is 0.262 e. The Labute approximate surface area is 178 Å². The number of carbonyl (C=O) groups excluding carboxylic acids is 2. The molecule has 1 heterocycles. The number of benzene rings is 2. The highest BCUT2D eigenvalue weighted by atomic mass is 32.2. The Morgan fingerprint density at radius 2 is 1.93 bits per heavy atom. The molecule has 0 aliphatic carbocycles. The number of hydrogen-bond acceptors (Lipinski definition) is 5. The molecule has 2 aromatic rings. The molecule has 3 rings (SSSR count). The van der Waals surface area contributed by atoms with E-state index in [9.17, 15) is 14.0 Å². The molecule has 2 amide bonds. The quantitative estimate of drug-likeness (QED) is 0.488. The van der Waals surface area contributed by atoms with E-state index >= 15 is 0 Å². The summed E-state index contributed by atoms with van der Waals surface area (Å²) in [6.45, 7) is 4.88. The molecule has 1 aliphatic rings. The summed E-state index contributed by atoms with van der Waals surface area (Å²) in [5.41, 5.74) is 1.28. The maximum Gasteiger partial charge on any atom is 0.262 e. The van der Waals surface area contributed by atoms with Gasteiger partial charge < -0.3 is 20.1 Å². The van der Waals surface area contributed by atoms with Gasteiger partial charge in [0.05, 0.1) is 17.1 Å². The van der Waals surface area contributed by atoms with Crippen molar-refractivity contribution in [2.75, 3.05) is 25.1 Å². The average molecular weight is 431 g/mol. The molecule has 0 saturated carbocycles. The number of ether oxygens (including phenoxy) is 2. The van der Waals surface area contributed by atoms with Crippen LogP contribution in [-0.2, 0) is 14.3 Å². The van der Waals surface area contributed by atoms with E-state index in [-0.39, 0.29) is 18.4 Å². The molecule has 158 valence electrons. The van der Waals surface area contributed by atoms with Crippen LogP contribution in [0.2, 0.25) is 0 Å². The van der Waals surface area contributed by atoms with E-state index in [4.69, 9.17) is 9.47 Å². The molecule has 0 aromatic heterocycles. The summed E-state index contributed by atoms with van der Waals surface area (Å²) in [4.78, 5) is 26.1. The summed E-state index contributed by atoms with van der Waals surface area (Å²) >= 11 is 1.23. The lowest BCUT2D eigenvalue weighted by atomic mass is 10.1. The summed E-state index contributed by atoms with van der Waals surface area (Å²) in [6.07, 6.45) is 1.00. The molecule has 0 atom stereocenters. The summed E-state index contributed by atoms with van der Waals surface area (Å²) in [6, 6.07) is 11.3. The fraction of sp³-hybridized carbons (Fsp3) is 0.273. The Balaban J connectivity index is 1.71. The van der Waals surface area contributed by atoms with E-state index in [0.29, 0.717) is 34.9 Å². The third-order valence-electron chi connectivity index (χ3n) is 4.26. The van der Waals surface area contributed by atoms with E-state index in [1.807, 2.05) is 13.8 Å². The van der Waals surface area contributed by atoms with Crippen molar-refractivity contribution in [3.63, 3.8) is 0 Å². The van der Waals surface area contributed by atoms with Gasteiger partial charge in [0.2, 0.25) is 0 Å². The molecule has 0 radical (unpaired) electrons. The fourth-order valence-corrected chi connectivity index (χ4v) is 3.77. The van der Waals surface area contributed by atoms with Gasteiger partial charge in [0.25, 0.3) is 11.8 Å². The van der Waals surface area contributed by atoms with Crippen LogP contribution in [-0.4, -0.2) is 37.9 Å². The Bertz CT molecular complexity index is 958. The minimum Gasteiger partial charge on any atom is -0.351 e. The van der Waals surface area contributed by atoms with Crippen LogP contribution in [0.25, 0.3) is 6.08 Å². The summed E-state index contributed by atoms with van der Waals surface area (Å²) in [5.74, 6) is -1.04. The van der Waals surface area contributed by atoms with Gasteiger partial charge in [-0.15, -0.1) is 0 Å². The van der Waals surface area contributed by atoms with Gasteiger partial charge in [-0.1, -0.05) is 30.0 Å². The lowest BCUT2D eigenvalue weighted by molar-refractivity contribution is -0.131. The van der Waals surface area contributed by atoms with E-state index in [2.05, 4.69) is 10.6 Å². The minimum absolute atomic E-state index is 0.217. The molecule has 0 fully saturated rings. The zero-order chi connectivity index (χ0) is 21.5. The lowest BCUT2D eigenvalue weighted by Gasteiger charge is -2.20. The van der Waals surface area contributed by atoms with Gasteiger partial charge in [-0.05, 0) is 44.2 Å². The number of rotatable bonds is 8. The van der Waals surface area contributed by atoms with Gasteiger partial charge in [-0.3, -0.25) is 9.59 Å². The monoisotopic (exact) mass is 430 g/mol. The summed E-state index contributed by atoms with van der Waals surface area (Å²) < 4.78 is 24.7. The predicted molar refractivity (Wildman–Crippen MR) is 115 cm³/mol. The zero-order valence-corrected chi connectivity index (χ0v) is 17.6. The summed E-state index contributed by atoms with van der Waals surface area (Å²) in [5, 5.41) is 5.54. The SMILES string of the molecule is CCOC(CNC(=O)c1ccc2c(c1)NC(=O)C(=Cc1ccccc1F)S2)OCC. The van der Waals surface area contributed by atoms with E-state index in [0.717, 1.165) is 4.90 Å². The number of hydrogen-bond donors (Lipinski definition) is 2. The van der Waals surface area contributed by atoms with Gasteiger partial charge in [0.15, 0.2) is 6.29 Å². The molecular weight excluding hydrogens is 407 g/mol. The van der Waals surface area contributed by atoms with E-state index < -0.39 is 12.1 Å². The molecule has 0 spiro atoms. The number of fused-ring (bicyclic) bond motifs is 1. The third-order valence-corrected chi connectivity index (χ3v) is 5.36. The first-order valence-corrected chi connectivity index (χ1v) is 10.4. The average Bonchev–Trinajstić information content (AvgIpc) is 2.74. The Morgan fingerprint density at radius 3 is 2.63 bits per heavy atom. The molecule has 2 N–H and O–H groups in total. The van der Waals surface area contributed by atoms with Gasteiger partial charge in [-0.2, -0.15) is 0 Å². The predicted octanol–water partition coefficient (Wildman–Crippen LogP) is 4.04. The van der Waals surface area contributed by atoms with Gasteiger partial charge in [0.1, 0.15) is 5.82 Å². The van der Waals surface area contributed by atoms with Crippen LogP contribution < -0.4 is 10.6 Å². The highest BCUT2D eigenvalue weighted by Crippen LogP contribution is 2.39. The normalized spacial score (nSPS) is 14.5. The summed E-state index contributed by atoms with van der Waals surface area (Å²) in [7, 11) is 0. The highest BCUT2D eigenvalue weighted by Gasteiger charge is 2.23. The molecule has 1 aliphatic heterocycles.